The van der Waals surface area contributed by atoms with E-state index in [0.29, 0.717) is 5.15 Å². The third-order valence-corrected chi connectivity index (χ3v) is 3.70. The van der Waals surface area contributed by atoms with E-state index in [1.165, 1.54) is 4.88 Å². The number of rotatable bonds is 3. The monoisotopic (exact) mass is 308 g/mol. The van der Waals surface area contributed by atoms with Gasteiger partial charge in [-0.25, -0.2) is 9.50 Å². The molecule has 20 heavy (non-hydrogen) atoms. The second-order valence-corrected chi connectivity index (χ2v) is 5.37. The Morgan fingerprint density at radius 2 is 2.20 bits per heavy atom. The molecule has 3 aromatic rings. The fourth-order valence-electron chi connectivity index (χ4n) is 1.77. The third-order valence-electron chi connectivity index (χ3n) is 2.64. The number of aromatic nitrogens is 3. The van der Waals surface area contributed by atoms with Gasteiger partial charge in [-0.2, -0.15) is 5.10 Å². The van der Waals surface area contributed by atoms with Crippen LogP contribution in [0.25, 0.3) is 5.65 Å². The molecular formula is C14H17ClN4S. The second-order valence-electron chi connectivity index (χ2n) is 3.95. The first-order valence-corrected chi connectivity index (χ1v) is 7.77. The summed E-state index contributed by atoms with van der Waals surface area (Å²) in [6.07, 6.45) is 1.79. The van der Waals surface area contributed by atoms with Crippen molar-refractivity contribution in [2.75, 3.05) is 5.32 Å². The van der Waals surface area contributed by atoms with Gasteiger partial charge in [-0.3, -0.25) is 0 Å². The lowest BCUT2D eigenvalue weighted by Crippen LogP contribution is -2.03. The predicted octanol–water partition coefficient (Wildman–Crippen LogP) is 4.39. The fraction of sp³-hybridized carbons (Fsp3) is 0.286. The number of fused-ring (bicyclic) bond motifs is 1. The number of halogens is 1. The highest BCUT2D eigenvalue weighted by Crippen LogP contribution is 2.21. The Morgan fingerprint density at radius 1 is 1.40 bits per heavy atom. The molecule has 0 unspecified atom stereocenters. The average molecular weight is 309 g/mol. The molecule has 6 heteroatoms. The molecular weight excluding hydrogens is 292 g/mol. The second kappa shape index (κ2) is 6.72. The molecule has 0 saturated carbocycles. The molecule has 0 aliphatic heterocycles. The molecule has 0 aliphatic carbocycles. The van der Waals surface area contributed by atoms with Crippen LogP contribution in [0, 0.1) is 6.92 Å². The molecule has 0 aliphatic rings. The topological polar surface area (TPSA) is 42.2 Å². The van der Waals surface area contributed by atoms with E-state index in [9.17, 15) is 0 Å². The summed E-state index contributed by atoms with van der Waals surface area (Å²) in [6.45, 7) is 6.71. The van der Waals surface area contributed by atoms with Gasteiger partial charge in [-0.1, -0.05) is 31.5 Å². The molecule has 1 N–H and O–H groups in total. The fourth-order valence-corrected chi connectivity index (χ4v) is 2.60. The minimum Gasteiger partial charge on any atom is -0.377 e. The molecule has 0 fully saturated rings. The molecule has 0 radical (unpaired) electrons. The zero-order valence-electron chi connectivity index (χ0n) is 11.7. The lowest BCUT2D eigenvalue weighted by atomic mass is 10.4. The zero-order valence-corrected chi connectivity index (χ0v) is 13.3. The molecule has 3 aromatic heterocycles. The normalized spacial score (nSPS) is 10.2. The molecule has 3 rings (SSSR count). The summed E-state index contributed by atoms with van der Waals surface area (Å²) in [5.41, 5.74) is 2.66. The number of nitrogens with zero attached hydrogens (tertiary/aromatic N) is 3. The van der Waals surface area contributed by atoms with Crippen LogP contribution in [0.15, 0.2) is 29.8 Å². The number of nitrogens with one attached hydrogen (secondary N) is 1. The van der Waals surface area contributed by atoms with Gasteiger partial charge < -0.3 is 5.32 Å². The smallest absolute Gasteiger partial charge is 0.177 e. The van der Waals surface area contributed by atoms with E-state index in [4.69, 9.17) is 11.6 Å². The SMILES string of the molecule is CC.Cc1cnc2c(NCc3cccs3)cc(Cl)nn12. The first-order chi connectivity index (χ1) is 9.74. The molecule has 0 spiro atoms. The lowest BCUT2D eigenvalue weighted by molar-refractivity contribution is 0.899. The Kier molecular flexibility index (Phi) is 4.98. The highest BCUT2D eigenvalue weighted by molar-refractivity contribution is 7.09. The van der Waals surface area contributed by atoms with Gasteiger partial charge in [0.05, 0.1) is 17.6 Å². The molecule has 106 valence electrons. The summed E-state index contributed by atoms with van der Waals surface area (Å²) in [4.78, 5) is 5.61. The van der Waals surface area contributed by atoms with Gasteiger partial charge in [0.15, 0.2) is 10.8 Å². The van der Waals surface area contributed by atoms with E-state index in [1.54, 1.807) is 28.1 Å². The molecule has 0 saturated heterocycles. The molecule has 0 bridgehead atoms. The number of hydrogen-bond donors (Lipinski definition) is 1. The maximum absolute atomic E-state index is 6.02. The summed E-state index contributed by atoms with van der Waals surface area (Å²) in [5.74, 6) is 0. The van der Waals surface area contributed by atoms with Gasteiger partial charge in [0.2, 0.25) is 0 Å². The van der Waals surface area contributed by atoms with Crippen LogP contribution in [0.2, 0.25) is 5.15 Å². The summed E-state index contributed by atoms with van der Waals surface area (Å²) in [6, 6.07) is 5.93. The molecule has 0 amide bonds. The Labute approximate surface area is 127 Å². The molecule has 0 aromatic carbocycles. The van der Waals surface area contributed by atoms with Crippen LogP contribution in [0.4, 0.5) is 5.69 Å². The summed E-state index contributed by atoms with van der Waals surface area (Å²) >= 11 is 7.73. The zero-order chi connectivity index (χ0) is 14.5. The van der Waals surface area contributed by atoms with Gasteiger partial charge in [0, 0.05) is 17.5 Å². The minimum atomic E-state index is 0.456. The Balaban J connectivity index is 0.000000704. The van der Waals surface area contributed by atoms with Gasteiger partial charge in [-0.05, 0) is 18.4 Å². The van der Waals surface area contributed by atoms with Crippen molar-refractivity contribution in [3.05, 3.63) is 45.5 Å². The maximum Gasteiger partial charge on any atom is 0.177 e. The summed E-state index contributed by atoms with van der Waals surface area (Å²) in [5, 5.41) is 10.1. The highest BCUT2D eigenvalue weighted by atomic mass is 35.5. The van der Waals surface area contributed by atoms with Crippen molar-refractivity contribution in [1.29, 1.82) is 0 Å². The highest BCUT2D eigenvalue weighted by Gasteiger charge is 2.08. The van der Waals surface area contributed by atoms with Gasteiger partial charge in [0.1, 0.15) is 0 Å². The van der Waals surface area contributed by atoms with Crippen LogP contribution in [-0.2, 0) is 6.54 Å². The van der Waals surface area contributed by atoms with Gasteiger partial charge in [-0.15, -0.1) is 11.3 Å². The minimum absolute atomic E-state index is 0.456. The van der Waals surface area contributed by atoms with Crippen molar-refractivity contribution in [3.63, 3.8) is 0 Å². The van der Waals surface area contributed by atoms with E-state index < -0.39 is 0 Å². The maximum atomic E-state index is 6.02. The van der Waals surface area contributed by atoms with Crippen LogP contribution in [-0.4, -0.2) is 14.6 Å². The average Bonchev–Trinajstić information content (AvgIpc) is 3.09. The van der Waals surface area contributed by atoms with E-state index in [2.05, 4.69) is 26.8 Å². The standard InChI is InChI=1S/C12H11ClN4S.C2H6/c1-8-6-15-12-10(5-11(13)16-17(8)12)14-7-9-3-2-4-18-9;1-2/h2-6,14H,7H2,1H3;1-2H3. The number of thiophene rings is 1. The van der Waals surface area contributed by atoms with Crippen LogP contribution in [0.5, 0.6) is 0 Å². The molecule has 3 heterocycles. The van der Waals surface area contributed by atoms with Gasteiger partial charge in [0.25, 0.3) is 0 Å². The van der Waals surface area contributed by atoms with E-state index in [1.807, 2.05) is 26.8 Å². The molecule has 0 atom stereocenters. The van der Waals surface area contributed by atoms with E-state index >= 15 is 0 Å². The van der Waals surface area contributed by atoms with Crippen molar-refractivity contribution < 1.29 is 0 Å². The number of imidazole rings is 1. The third kappa shape index (κ3) is 3.11. The van der Waals surface area contributed by atoms with Crippen LogP contribution < -0.4 is 5.32 Å². The quantitative estimate of drug-likeness (QED) is 0.780. The number of aryl methyl sites for hydroxylation is 1. The van der Waals surface area contributed by atoms with Crippen molar-refractivity contribution in [2.24, 2.45) is 0 Å². The van der Waals surface area contributed by atoms with Crippen LogP contribution >= 0.6 is 22.9 Å². The number of anilines is 1. The summed E-state index contributed by atoms with van der Waals surface area (Å²) in [7, 11) is 0. The van der Waals surface area contributed by atoms with Crippen LogP contribution in [0.1, 0.15) is 24.4 Å². The van der Waals surface area contributed by atoms with Crippen molar-refractivity contribution >= 4 is 34.3 Å². The number of hydrogen-bond acceptors (Lipinski definition) is 4. The largest absolute Gasteiger partial charge is 0.377 e. The van der Waals surface area contributed by atoms with E-state index in [0.717, 1.165) is 23.6 Å². The summed E-state index contributed by atoms with van der Waals surface area (Å²) < 4.78 is 1.75. The van der Waals surface area contributed by atoms with E-state index in [-0.39, 0.29) is 0 Å². The first kappa shape index (κ1) is 14.8. The van der Waals surface area contributed by atoms with Crippen molar-refractivity contribution in [2.45, 2.75) is 27.3 Å². The first-order valence-electron chi connectivity index (χ1n) is 6.51. The van der Waals surface area contributed by atoms with Crippen molar-refractivity contribution in [3.8, 4) is 0 Å². The van der Waals surface area contributed by atoms with Gasteiger partial charge >= 0.3 is 0 Å². The molecule has 4 nitrogen and oxygen atoms in total. The predicted molar refractivity (Wildman–Crippen MR) is 85.7 cm³/mol. The Morgan fingerprint density at radius 3 is 2.90 bits per heavy atom. The van der Waals surface area contributed by atoms with Crippen LogP contribution in [0.3, 0.4) is 0 Å². The Hall–Kier alpha value is -1.59. The lowest BCUT2D eigenvalue weighted by Gasteiger charge is -2.07. The Bertz CT molecular complexity index is 676. The van der Waals surface area contributed by atoms with Crippen molar-refractivity contribution in [1.82, 2.24) is 14.6 Å².